The fraction of sp³-hybridized carbons (Fsp3) is 0.0870. The number of ether oxygens (including phenoxy) is 1. The number of aryl methyl sites for hydroxylation is 1. The number of halogens is 2. The molecule has 8 heteroatoms. The second-order valence-electron chi connectivity index (χ2n) is 6.93. The van der Waals surface area contributed by atoms with E-state index in [9.17, 15) is 9.59 Å². The van der Waals surface area contributed by atoms with Crippen LogP contribution in [0.3, 0.4) is 0 Å². The molecule has 1 aromatic heterocycles. The lowest BCUT2D eigenvalue weighted by Gasteiger charge is -2.11. The number of nitrogens with zero attached hydrogens (tertiary/aromatic N) is 2. The first-order valence-corrected chi connectivity index (χ1v) is 10.6. The fourth-order valence-electron chi connectivity index (χ4n) is 3.13. The molecule has 0 aliphatic carbocycles. The summed E-state index contributed by atoms with van der Waals surface area (Å²) >= 11 is 9.87. The number of H-pyrrole nitrogens is 1. The largest absolute Gasteiger partial charge is 0.486 e. The minimum atomic E-state index is -0.622. The van der Waals surface area contributed by atoms with Gasteiger partial charge in [-0.05, 0) is 58.2 Å². The van der Waals surface area contributed by atoms with Crippen LogP contribution in [0.25, 0.3) is 10.9 Å². The molecular formula is C23H17BrClN3O3. The molecule has 0 unspecified atom stereocenters. The van der Waals surface area contributed by atoms with Gasteiger partial charge in [0.1, 0.15) is 6.61 Å². The molecule has 0 saturated carbocycles. The van der Waals surface area contributed by atoms with Crippen molar-refractivity contribution in [3.8, 4) is 5.75 Å². The predicted molar refractivity (Wildman–Crippen MR) is 126 cm³/mol. The van der Waals surface area contributed by atoms with E-state index in [2.05, 4.69) is 26.0 Å². The molecule has 0 aliphatic heterocycles. The number of nitrogens with one attached hydrogen (secondary N) is 1. The molecule has 0 fully saturated rings. The molecular weight excluding hydrogens is 482 g/mol. The van der Waals surface area contributed by atoms with Gasteiger partial charge in [-0.3, -0.25) is 4.79 Å². The highest BCUT2D eigenvalue weighted by Crippen LogP contribution is 2.34. The van der Waals surface area contributed by atoms with Crippen LogP contribution >= 0.6 is 27.5 Å². The molecule has 6 nitrogen and oxygen atoms in total. The molecule has 0 spiro atoms. The van der Waals surface area contributed by atoms with Gasteiger partial charge in [0.15, 0.2) is 5.75 Å². The molecule has 0 atom stereocenters. The van der Waals surface area contributed by atoms with E-state index in [1.54, 1.807) is 36.4 Å². The Kier molecular flexibility index (Phi) is 6.06. The predicted octanol–water partition coefficient (Wildman–Crippen LogP) is 4.88. The number of rotatable bonds is 5. The molecule has 0 saturated heterocycles. The number of benzene rings is 3. The lowest BCUT2D eigenvalue weighted by atomic mass is 10.1. The quantitative estimate of drug-likeness (QED) is 0.399. The van der Waals surface area contributed by atoms with Crippen LogP contribution in [0.5, 0.6) is 5.75 Å². The molecule has 0 aliphatic rings. The van der Waals surface area contributed by atoms with Gasteiger partial charge in [-0.25, -0.2) is 4.79 Å². The van der Waals surface area contributed by atoms with E-state index in [0.29, 0.717) is 38.3 Å². The van der Waals surface area contributed by atoms with Crippen molar-refractivity contribution in [3.63, 3.8) is 0 Å². The van der Waals surface area contributed by atoms with Gasteiger partial charge in [-0.15, -0.1) is 4.68 Å². The number of fused-ring (bicyclic) bond motifs is 1. The second-order valence-corrected chi connectivity index (χ2v) is 8.19. The van der Waals surface area contributed by atoms with Gasteiger partial charge in [0.05, 0.1) is 26.6 Å². The third-order valence-electron chi connectivity index (χ3n) is 4.59. The van der Waals surface area contributed by atoms with Gasteiger partial charge in [-0.1, -0.05) is 53.6 Å². The zero-order valence-corrected chi connectivity index (χ0v) is 18.8. The Balaban J connectivity index is 1.60. The summed E-state index contributed by atoms with van der Waals surface area (Å²) in [6.45, 7) is 2.39. The Labute approximate surface area is 190 Å². The smallest absolute Gasteiger partial charge is 0.349 e. The zero-order chi connectivity index (χ0) is 22.0. The Bertz CT molecular complexity index is 1400. The van der Waals surface area contributed by atoms with Crippen molar-refractivity contribution in [2.75, 3.05) is 0 Å². The Morgan fingerprint density at radius 3 is 2.71 bits per heavy atom. The van der Waals surface area contributed by atoms with Crippen molar-refractivity contribution in [3.05, 3.63) is 108 Å². The summed E-state index contributed by atoms with van der Waals surface area (Å²) in [6.07, 6.45) is 1.40. The molecule has 0 bridgehead atoms. The molecule has 156 valence electrons. The summed E-state index contributed by atoms with van der Waals surface area (Å²) in [6, 6.07) is 18.2. The Hall–Kier alpha value is -3.16. The molecule has 3 aromatic carbocycles. The van der Waals surface area contributed by atoms with E-state index in [-0.39, 0.29) is 0 Å². The fourth-order valence-corrected chi connectivity index (χ4v) is 4.12. The van der Waals surface area contributed by atoms with E-state index >= 15 is 0 Å². The van der Waals surface area contributed by atoms with Crippen LogP contribution in [0.2, 0.25) is 5.02 Å². The maximum absolute atomic E-state index is 12.6. The number of hydrogen-bond donors (Lipinski definition) is 1. The van der Waals surface area contributed by atoms with Crippen LogP contribution in [0, 0.1) is 6.92 Å². The van der Waals surface area contributed by atoms with Gasteiger partial charge in [0, 0.05) is 0 Å². The lowest BCUT2D eigenvalue weighted by Crippen LogP contribution is -2.32. The van der Waals surface area contributed by atoms with Crippen LogP contribution in [-0.4, -0.2) is 15.9 Å². The van der Waals surface area contributed by atoms with E-state index < -0.39 is 11.2 Å². The number of hydrogen-bond acceptors (Lipinski definition) is 4. The summed E-state index contributed by atoms with van der Waals surface area (Å²) in [5.74, 6) is 0.501. The van der Waals surface area contributed by atoms with Crippen LogP contribution in [0.1, 0.15) is 16.7 Å². The standard InChI is InChI=1S/C23H17BrClN3O3/c1-14-5-4-6-15(9-14)13-31-21-18(24)10-16(11-19(21)25)12-26-28-22(29)17-7-2-3-8-20(17)27-23(28)30/h2-12H,13H2,1H3,(H,27,30). The molecule has 0 amide bonds. The molecule has 1 heterocycles. The minimum absolute atomic E-state index is 0.370. The normalized spacial score (nSPS) is 11.3. The van der Waals surface area contributed by atoms with Crippen molar-refractivity contribution in [2.45, 2.75) is 13.5 Å². The van der Waals surface area contributed by atoms with Crippen molar-refractivity contribution >= 4 is 44.6 Å². The van der Waals surface area contributed by atoms with Crippen molar-refractivity contribution in [1.29, 1.82) is 0 Å². The molecule has 4 rings (SSSR count). The first-order chi connectivity index (χ1) is 14.9. The maximum atomic E-state index is 12.6. The third-order valence-corrected chi connectivity index (χ3v) is 5.46. The summed E-state index contributed by atoms with van der Waals surface area (Å²) in [7, 11) is 0. The van der Waals surface area contributed by atoms with Crippen LogP contribution in [0.4, 0.5) is 0 Å². The number of para-hydroxylation sites is 1. The Morgan fingerprint density at radius 1 is 1.13 bits per heavy atom. The van der Waals surface area contributed by atoms with Gasteiger partial charge in [0.25, 0.3) is 5.56 Å². The van der Waals surface area contributed by atoms with Gasteiger partial charge in [-0.2, -0.15) is 5.10 Å². The highest BCUT2D eigenvalue weighted by atomic mass is 79.9. The third kappa shape index (κ3) is 4.62. The van der Waals surface area contributed by atoms with E-state index in [0.717, 1.165) is 15.8 Å². The SMILES string of the molecule is Cc1cccc(COc2c(Cl)cc(C=Nn3c(=O)[nH]c4ccccc4c3=O)cc2Br)c1. The molecule has 4 aromatic rings. The van der Waals surface area contributed by atoms with E-state index in [4.69, 9.17) is 16.3 Å². The minimum Gasteiger partial charge on any atom is -0.486 e. The topological polar surface area (TPSA) is 76.5 Å². The summed E-state index contributed by atoms with van der Waals surface area (Å²) in [4.78, 5) is 27.5. The van der Waals surface area contributed by atoms with E-state index in [1.165, 1.54) is 6.21 Å². The Morgan fingerprint density at radius 2 is 1.94 bits per heavy atom. The summed E-state index contributed by atoms with van der Waals surface area (Å²) in [5, 5.41) is 4.81. The lowest BCUT2D eigenvalue weighted by molar-refractivity contribution is 0.304. The summed E-state index contributed by atoms with van der Waals surface area (Å²) < 4.78 is 7.30. The average Bonchev–Trinajstić information content (AvgIpc) is 2.73. The molecule has 31 heavy (non-hydrogen) atoms. The monoisotopic (exact) mass is 497 g/mol. The first kappa shape index (κ1) is 21.1. The number of aromatic nitrogens is 2. The highest BCUT2D eigenvalue weighted by Gasteiger charge is 2.10. The van der Waals surface area contributed by atoms with Crippen molar-refractivity contribution in [2.24, 2.45) is 5.10 Å². The van der Waals surface area contributed by atoms with Gasteiger partial charge < -0.3 is 9.72 Å². The van der Waals surface area contributed by atoms with Crippen LogP contribution < -0.4 is 16.0 Å². The van der Waals surface area contributed by atoms with Gasteiger partial charge >= 0.3 is 5.69 Å². The maximum Gasteiger partial charge on any atom is 0.349 e. The second kappa shape index (κ2) is 8.91. The summed E-state index contributed by atoms with van der Waals surface area (Å²) in [5.41, 5.74) is 2.12. The van der Waals surface area contributed by atoms with Crippen molar-refractivity contribution in [1.82, 2.24) is 9.66 Å². The highest BCUT2D eigenvalue weighted by molar-refractivity contribution is 9.10. The van der Waals surface area contributed by atoms with Gasteiger partial charge in [0.2, 0.25) is 0 Å². The molecule has 1 N–H and O–H groups in total. The zero-order valence-electron chi connectivity index (χ0n) is 16.4. The average molecular weight is 499 g/mol. The van der Waals surface area contributed by atoms with Crippen molar-refractivity contribution < 1.29 is 4.74 Å². The van der Waals surface area contributed by atoms with Crippen LogP contribution in [-0.2, 0) is 6.61 Å². The van der Waals surface area contributed by atoms with Crippen LogP contribution in [0.15, 0.2) is 79.8 Å². The molecule has 0 radical (unpaired) electrons. The first-order valence-electron chi connectivity index (χ1n) is 9.38. The van der Waals surface area contributed by atoms with E-state index in [1.807, 2.05) is 31.2 Å². The number of aromatic amines is 1.